The maximum absolute atomic E-state index is 10.6. The van der Waals surface area contributed by atoms with Gasteiger partial charge in [0.1, 0.15) is 0 Å². The lowest BCUT2D eigenvalue weighted by atomic mass is 10.2. The van der Waals surface area contributed by atoms with Gasteiger partial charge in [0.15, 0.2) is 5.96 Å². The SMILES string of the molecule is C=C(C)CNC(=NCc1ccc([N+](=O)[O-])cc1)NC(C)COC.I. The zero-order chi connectivity index (χ0) is 17.2. The molecule has 1 atom stereocenters. The normalized spacial score (nSPS) is 12.0. The third-order valence-corrected chi connectivity index (χ3v) is 2.92. The Morgan fingerprint density at radius 1 is 1.42 bits per heavy atom. The lowest BCUT2D eigenvalue weighted by Gasteiger charge is -2.17. The monoisotopic (exact) mass is 448 g/mol. The van der Waals surface area contributed by atoms with E-state index >= 15 is 0 Å². The van der Waals surface area contributed by atoms with E-state index in [-0.39, 0.29) is 35.7 Å². The molecule has 7 nitrogen and oxygen atoms in total. The fourth-order valence-electron chi connectivity index (χ4n) is 1.81. The number of nitrogens with zero attached hydrogens (tertiary/aromatic N) is 2. The number of hydrogen-bond acceptors (Lipinski definition) is 4. The van der Waals surface area contributed by atoms with Gasteiger partial charge in [-0.05, 0) is 19.4 Å². The molecule has 1 unspecified atom stereocenters. The van der Waals surface area contributed by atoms with E-state index in [1.165, 1.54) is 12.1 Å². The Labute approximate surface area is 159 Å². The van der Waals surface area contributed by atoms with Gasteiger partial charge in [0, 0.05) is 31.8 Å². The van der Waals surface area contributed by atoms with E-state index in [9.17, 15) is 10.1 Å². The molecule has 0 aliphatic heterocycles. The molecule has 0 saturated heterocycles. The van der Waals surface area contributed by atoms with E-state index in [0.29, 0.717) is 25.7 Å². The quantitative estimate of drug-likeness (QED) is 0.160. The molecule has 0 spiro atoms. The number of methoxy groups -OCH3 is 1. The minimum atomic E-state index is -0.416. The van der Waals surface area contributed by atoms with Crippen LogP contribution in [0, 0.1) is 10.1 Å². The number of nitrogens with one attached hydrogen (secondary N) is 2. The molecule has 8 heteroatoms. The first kappa shape index (κ1) is 22.3. The Balaban J connectivity index is 0.00000529. The van der Waals surface area contributed by atoms with Crippen LogP contribution >= 0.6 is 24.0 Å². The van der Waals surface area contributed by atoms with Crippen molar-refractivity contribution in [3.05, 3.63) is 52.1 Å². The zero-order valence-electron chi connectivity index (χ0n) is 14.2. The Bertz CT molecular complexity index is 561. The summed E-state index contributed by atoms with van der Waals surface area (Å²) in [7, 11) is 1.65. The van der Waals surface area contributed by atoms with Gasteiger partial charge in [-0.3, -0.25) is 10.1 Å². The molecule has 0 radical (unpaired) electrons. The molecule has 134 valence electrons. The molecule has 0 aliphatic carbocycles. The lowest BCUT2D eigenvalue weighted by Crippen LogP contribution is -2.44. The number of rotatable bonds is 8. The zero-order valence-corrected chi connectivity index (χ0v) is 16.6. The van der Waals surface area contributed by atoms with E-state index in [0.717, 1.165) is 11.1 Å². The average Bonchev–Trinajstić information content (AvgIpc) is 2.50. The summed E-state index contributed by atoms with van der Waals surface area (Å²) in [6.07, 6.45) is 0. The first-order valence-electron chi connectivity index (χ1n) is 7.34. The average molecular weight is 448 g/mol. The van der Waals surface area contributed by atoms with Crippen LogP contribution in [0.5, 0.6) is 0 Å². The molecule has 1 rings (SSSR count). The number of aliphatic imine (C=N–C) groups is 1. The Hall–Kier alpha value is -1.68. The van der Waals surface area contributed by atoms with Crippen molar-refractivity contribution in [2.45, 2.75) is 26.4 Å². The maximum Gasteiger partial charge on any atom is 0.269 e. The number of nitro groups is 1. The predicted octanol–water partition coefficient (Wildman–Crippen LogP) is 2.86. The number of non-ortho nitro benzene ring substituents is 1. The summed E-state index contributed by atoms with van der Waals surface area (Å²) in [6.45, 7) is 9.37. The van der Waals surface area contributed by atoms with Crippen molar-refractivity contribution in [1.82, 2.24) is 10.6 Å². The summed E-state index contributed by atoms with van der Waals surface area (Å²) in [6, 6.07) is 6.47. The van der Waals surface area contributed by atoms with Gasteiger partial charge >= 0.3 is 0 Å². The van der Waals surface area contributed by atoms with E-state index < -0.39 is 4.92 Å². The Kier molecular flexibility index (Phi) is 11.0. The highest BCUT2D eigenvalue weighted by Gasteiger charge is 2.06. The Morgan fingerprint density at radius 2 is 2.04 bits per heavy atom. The van der Waals surface area contributed by atoms with Crippen LogP contribution in [0.1, 0.15) is 19.4 Å². The molecular formula is C16H25IN4O3. The van der Waals surface area contributed by atoms with E-state index in [2.05, 4.69) is 22.2 Å². The molecule has 2 N–H and O–H groups in total. The molecule has 0 heterocycles. The number of ether oxygens (including phenoxy) is 1. The molecule has 1 aromatic rings. The minimum Gasteiger partial charge on any atom is -0.383 e. The molecule has 0 bridgehead atoms. The third-order valence-electron chi connectivity index (χ3n) is 2.92. The first-order valence-corrected chi connectivity index (χ1v) is 7.34. The second-order valence-corrected chi connectivity index (χ2v) is 5.40. The largest absolute Gasteiger partial charge is 0.383 e. The van der Waals surface area contributed by atoms with Crippen molar-refractivity contribution in [2.75, 3.05) is 20.3 Å². The van der Waals surface area contributed by atoms with Crippen molar-refractivity contribution in [1.29, 1.82) is 0 Å². The van der Waals surface area contributed by atoms with Crippen LogP contribution in [0.3, 0.4) is 0 Å². The second-order valence-electron chi connectivity index (χ2n) is 5.40. The van der Waals surface area contributed by atoms with Gasteiger partial charge in [0.05, 0.1) is 18.1 Å². The standard InChI is InChI=1S/C16H24N4O3.HI/c1-12(2)9-17-16(19-13(3)11-23-4)18-10-14-5-7-15(8-6-14)20(21)22;/h5-8,13H,1,9-11H2,2-4H3,(H2,17,18,19);1H. The summed E-state index contributed by atoms with van der Waals surface area (Å²) in [5, 5.41) is 17.1. The fourth-order valence-corrected chi connectivity index (χ4v) is 1.81. The smallest absolute Gasteiger partial charge is 0.269 e. The molecule has 0 aromatic heterocycles. The maximum atomic E-state index is 10.6. The minimum absolute atomic E-state index is 0. The van der Waals surface area contributed by atoms with Gasteiger partial charge in [0.2, 0.25) is 0 Å². The van der Waals surface area contributed by atoms with Gasteiger partial charge < -0.3 is 15.4 Å². The summed E-state index contributed by atoms with van der Waals surface area (Å²) < 4.78 is 5.10. The van der Waals surface area contributed by atoms with E-state index in [1.54, 1.807) is 19.2 Å². The highest BCUT2D eigenvalue weighted by atomic mass is 127. The van der Waals surface area contributed by atoms with Gasteiger partial charge in [-0.1, -0.05) is 24.3 Å². The summed E-state index contributed by atoms with van der Waals surface area (Å²) >= 11 is 0. The van der Waals surface area contributed by atoms with Crippen LogP contribution in [0.2, 0.25) is 0 Å². The van der Waals surface area contributed by atoms with Crippen molar-refractivity contribution in [2.24, 2.45) is 4.99 Å². The first-order chi connectivity index (χ1) is 10.9. The highest BCUT2D eigenvalue weighted by Crippen LogP contribution is 2.12. The summed E-state index contributed by atoms with van der Waals surface area (Å²) in [5.74, 6) is 0.649. The van der Waals surface area contributed by atoms with Crippen molar-refractivity contribution >= 4 is 35.6 Å². The number of guanidine groups is 1. The van der Waals surface area contributed by atoms with Crippen LogP contribution in [0.25, 0.3) is 0 Å². The van der Waals surface area contributed by atoms with Crippen LogP contribution in [-0.4, -0.2) is 37.2 Å². The van der Waals surface area contributed by atoms with Crippen LogP contribution in [-0.2, 0) is 11.3 Å². The molecule has 0 amide bonds. The molecular weight excluding hydrogens is 423 g/mol. The van der Waals surface area contributed by atoms with Gasteiger partial charge in [0.25, 0.3) is 5.69 Å². The van der Waals surface area contributed by atoms with Gasteiger partial charge in [-0.2, -0.15) is 0 Å². The van der Waals surface area contributed by atoms with Gasteiger partial charge in [-0.15, -0.1) is 24.0 Å². The van der Waals surface area contributed by atoms with Crippen molar-refractivity contribution in [3.63, 3.8) is 0 Å². The van der Waals surface area contributed by atoms with Crippen molar-refractivity contribution < 1.29 is 9.66 Å². The number of halogens is 1. The van der Waals surface area contributed by atoms with Crippen molar-refractivity contribution in [3.8, 4) is 0 Å². The molecule has 1 aromatic carbocycles. The number of benzene rings is 1. The Morgan fingerprint density at radius 3 is 2.54 bits per heavy atom. The van der Waals surface area contributed by atoms with E-state index in [1.807, 2.05) is 13.8 Å². The summed E-state index contributed by atoms with van der Waals surface area (Å²) in [5.41, 5.74) is 1.96. The molecule has 0 aliphatic rings. The fraction of sp³-hybridized carbons (Fsp3) is 0.438. The van der Waals surface area contributed by atoms with Crippen LogP contribution < -0.4 is 10.6 Å². The molecule has 24 heavy (non-hydrogen) atoms. The number of hydrogen-bond donors (Lipinski definition) is 2. The number of nitro benzene ring substituents is 1. The highest BCUT2D eigenvalue weighted by molar-refractivity contribution is 14.0. The van der Waals surface area contributed by atoms with Crippen LogP contribution in [0.15, 0.2) is 41.4 Å². The lowest BCUT2D eigenvalue weighted by molar-refractivity contribution is -0.384. The molecule has 0 fully saturated rings. The predicted molar refractivity (Wildman–Crippen MR) is 107 cm³/mol. The third kappa shape index (κ3) is 8.82. The van der Waals surface area contributed by atoms with E-state index in [4.69, 9.17) is 4.74 Å². The summed E-state index contributed by atoms with van der Waals surface area (Å²) in [4.78, 5) is 14.7. The van der Waals surface area contributed by atoms with Crippen LogP contribution in [0.4, 0.5) is 5.69 Å². The topological polar surface area (TPSA) is 88.8 Å². The van der Waals surface area contributed by atoms with Gasteiger partial charge in [-0.25, -0.2) is 4.99 Å². The molecule has 0 saturated carbocycles. The second kappa shape index (κ2) is 11.8.